The predicted molar refractivity (Wildman–Crippen MR) is 48.8 cm³/mol. The van der Waals surface area contributed by atoms with E-state index in [1.807, 2.05) is 19.9 Å². The summed E-state index contributed by atoms with van der Waals surface area (Å²) in [5.41, 5.74) is 2.04. The summed E-state index contributed by atoms with van der Waals surface area (Å²) in [6, 6.07) is 3.48. The number of aryl methyl sites for hydroxylation is 1. The maximum Gasteiger partial charge on any atom is 0.182 e. The summed E-state index contributed by atoms with van der Waals surface area (Å²) < 4.78 is 1.09. The molecule has 0 saturated heterocycles. The van der Waals surface area contributed by atoms with Crippen molar-refractivity contribution in [2.75, 3.05) is 0 Å². The molecule has 0 amide bonds. The van der Waals surface area contributed by atoms with E-state index in [-0.39, 0.29) is 5.75 Å². The van der Waals surface area contributed by atoms with Crippen molar-refractivity contribution in [3.63, 3.8) is 0 Å². The van der Waals surface area contributed by atoms with E-state index in [0.29, 0.717) is 0 Å². The highest BCUT2D eigenvalue weighted by Crippen LogP contribution is 2.24. The Morgan fingerprint density at radius 1 is 1.30 bits per heavy atom. The van der Waals surface area contributed by atoms with Gasteiger partial charge in [-0.25, -0.2) is 0 Å². The number of hydrogen-bond acceptors (Lipinski definition) is 0. The topological polar surface area (TPSA) is 19.9 Å². The van der Waals surface area contributed by atoms with Gasteiger partial charge < -0.3 is 0 Å². The summed E-state index contributed by atoms with van der Waals surface area (Å²) in [5.74, 6) is 0.134. The van der Waals surface area contributed by atoms with Gasteiger partial charge in [0.15, 0.2) is 5.75 Å². The van der Waals surface area contributed by atoms with Crippen LogP contribution in [0.25, 0.3) is 0 Å². The van der Waals surface area contributed by atoms with Gasteiger partial charge in [0, 0.05) is 9.13 Å². The molecule has 1 aromatic rings. The van der Waals surface area contributed by atoms with E-state index in [4.69, 9.17) is 0 Å². The van der Waals surface area contributed by atoms with Crippen molar-refractivity contribution < 1.29 is 5.11 Å². The molecule has 0 aromatic heterocycles. The van der Waals surface area contributed by atoms with E-state index in [2.05, 4.69) is 22.6 Å². The Balaban J connectivity index is 3.34. The van der Waals surface area contributed by atoms with Gasteiger partial charge in [-0.05, 0) is 48.1 Å². The third kappa shape index (κ3) is 1.26. The fourth-order valence-electron chi connectivity index (χ4n) is 0.803. The van der Waals surface area contributed by atoms with Crippen molar-refractivity contribution in [3.05, 3.63) is 26.8 Å². The lowest BCUT2D eigenvalue weighted by molar-refractivity contribution is 0.351. The number of hydrogen-bond donors (Lipinski definition) is 0. The van der Waals surface area contributed by atoms with Gasteiger partial charge in [0.2, 0.25) is 0 Å². The van der Waals surface area contributed by atoms with Crippen molar-refractivity contribution in [2.45, 2.75) is 13.8 Å². The molecule has 0 saturated carbocycles. The van der Waals surface area contributed by atoms with Gasteiger partial charge in [-0.1, -0.05) is 6.07 Å². The summed E-state index contributed by atoms with van der Waals surface area (Å²) in [4.78, 5) is 0. The second kappa shape index (κ2) is 2.78. The van der Waals surface area contributed by atoms with Gasteiger partial charge >= 0.3 is 0 Å². The van der Waals surface area contributed by atoms with Crippen LogP contribution in [0.15, 0.2) is 12.1 Å². The van der Waals surface area contributed by atoms with Crippen molar-refractivity contribution in [1.82, 2.24) is 0 Å². The SMILES string of the molecule is Cc1ccc([O])c(C)c1I. The van der Waals surface area contributed by atoms with E-state index in [9.17, 15) is 5.11 Å². The number of rotatable bonds is 0. The molecule has 0 N–H and O–H groups in total. The van der Waals surface area contributed by atoms with Crippen molar-refractivity contribution >= 4 is 22.6 Å². The molecule has 0 bridgehead atoms. The molecule has 0 heterocycles. The first-order valence-corrected chi connectivity index (χ1v) is 4.13. The van der Waals surface area contributed by atoms with Gasteiger partial charge in [-0.15, -0.1) is 0 Å². The Bertz CT molecular complexity index is 229. The number of benzene rings is 1. The maximum atomic E-state index is 11.0. The summed E-state index contributed by atoms with van der Waals surface area (Å²) in [7, 11) is 0. The van der Waals surface area contributed by atoms with Crippen LogP contribution < -0.4 is 0 Å². The lowest BCUT2D eigenvalue weighted by atomic mass is 10.1. The van der Waals surface area contributed by atoms with Crippen LogP contribution in [-0.4, -0.2) is 0 Å². The lowest BCUT2D eigenvalue weighted by Gasteiger charge is -2.01. The quantitative estimate of drug-likeness (QED) is 0.628. The normalized spacial score (nSPS) is 9.90. The molecule has 0 aliphatic heterocycles. The fraction of sp³-hybridized carbons (Fsp3) is 0.250. The van der Waals surface area contributed by atoms with Crippen molar-refractivity contribution in [1.29, 1.82) is 0 Å². The minimum absolute atomic E-state index is 0.134. The van der Waals surface area contributed by atoms with Gasteiger partial charge in [0.05, 0.1) is 0 Å². The molecule has 0 spiro atoms. The van der Waals surface area contributed by atoms with Crippen LogP contribution in [0.1, 0.15) is 11.1 Å². The first-order chi connectivity index (χ1) is 4.63. The van der Waals surface area contributed by atoms with Crippen molar-refractivity contribution in [2.24, 2.45) is 0 Å². The fourth-order valence-corrected chi connectivity index (χ4v) is 1.25. The average molecular weight is 247 g/mol. The molecule has 1 rings (SSSR count). The van der Waals surface area contributed by atoms with Crippen LogP contribution in [0.4, 0.5) is 0 Å². The third-order valence-corrected chi connectivity index (χ3v) is 3.19. The molecular weight excluding hydrogens is 239 g/mol. The van der Waals surface area contributed by atoms with Crippen LogP contribution in [0.3, 0.4) is 0 Å². The van der Waals surface area contributed by atoms with E-state index in [1.54, 1.807) is 6.07 Å². The van der Waals surface area contributed by atoms with Gasteiger partial charge in [0.1, 0.15) is 0 Å². The van der Waals surface area contributed by atoms with Crippen LogP contribution in [0, 0.1) is 17.4 Å². The van der Waals surface area contributed by atoms with Crippen LogP contribution in [0.2, 0.25) is 0 Å². The predicted octanol–water partition coefficient (Wildman–Crippen LogP) is 3.05. The molecule has 1 radical (unpaired) electrons. The van der Waals surface area contributed by atoms with Gasteiger partial charge in [0.25, 0.3) is 0 Å². The first kappa shape index (κ1) is 7.85. The standard InChI is InChI=1S/C8H8IO/c1-5-3-4-7(10)6(2)8(5)9/h3-4H,1-2H3. The largest absolute Gasteiger partial charge is 0.290 e. The smallest absolute Gasteiger partial charge is 0.182 e. The van der Waals surface area contributed by atoms with E-state index in [0.717, 1.165) is 9.13 Å². The Morgan fingerprint density at radius 2 is 1.90 bits per heavy atom. The highest BCUT2D eigenvalue weighted by molar-refractivity contribution is 14.1. The summed E-state index contributed by atoms with van der Waals surface area (Å²) in [6.45, 7) is 3.87. The average Bonchev–Trinajstić information content (AvgIpc) is 1.93. The summed E-state index contributed by atoms with van der Waals surface area (Å²) in [5, 5.41) is 11.0. The minimum Gasteiger partial charge on any atom is -0.290 e. The van der Waals surface area contributed by atoms with Crippen LogP contribution in [0.5, 0.6) is 5.75 Å². The zero-order valence-corrected chi connectivity index (χ0v) is 8.10. The highest BCUT2D eigenvalue weighted by atomic mass is 127. The molecule has 1 nitrogen and oxygen atoms in total. The molecule has 10 heavy (non-hydrogen) atoms. The second-order valence-corrected chi connectivity index (χ2v) is 3.40. The molecule has 1 aromatic carbocycles. The zero-order chi connectivity index (χ0) is 7.72. The molecule has 0 fully saturated rings. The van der Waals surface area contributed by atoms with Gasteiger partial charge in [-0.3, -0.25) is 5.11 Å². The van der Waals surface area contributed by atoms with E-state index < -0.39 is 0 Å². The molecule has 0 atom stereocenters. The van der Waals surface area contributed by atoms with Crippen molar-refractivity contribution in [3.8, 4) is 5.75 Å². The Hall–Kier alpha value is -0.250. The van der Waals surface area contributed by atoms with Crippen LogP contribution >= 0.6 is 22.6 Å². The lowest BCUT2D eigenvalue weighted by Crippen LogP contribution is -1.84. The Kier molecular flexibility index (Phi) is 2.18. The van der Waals surface area contributed by atoms with Crippen LogP contribution in [-0.2, 0) is 5.11 Å². The monoisotopic (exact) mass is 247 g/mol. The van der Waals surface area contributed by atoms with E-state index in [1.165, 1.54) is 5.56 Å². The van der Waals surface area contributed by atoms with Gasteiger partial charge in [-0.2, -0.15) is 0 Å². The summed E-state index contributed by atoms with van der Waals surface area (Å²) >= 11 is 2.19. The zero-order valence-electron chi connectivity index (χ0n) is 5.94. The summed E-state index contributed by atoms with van der Waals surface area (Å²) in [6.07, 6.45) is 0. The first-order valence-electron chi connectivity index (χ1n) is 3.05. The second-order valence-electron chi connectivity index (χ2n) is 2.32. The Morgan fingerprint density at radius 3 is 2.40 bits per heavy atom. The highest BCUT2D eigenvalue weighted by Gasteiger charge is 2.03. The third-order valence-electron chi connectivity index (χ3n) is 1.53. The Labute approximate surface area is 74.2 Å². The minimum atomic E-state index is 0.134. The molecule has 53 valence electrons. The number of halogens is 1. The molecule has 2 heteroatoms. The van der Waals surface area contributed by atoms with E-state index >= 15 is 0 Å². The molecule has 0 unspecified atom stereocenters. The molecule has 0 aliphatic rings. The maximum absolute atomic E-state index is 11.0. The molecule has 0 aliphatic carbocycles. The molecular formula is C8H8IO.